The molecule has 0 aliphatic heterocycles. The van der Waals surface area contributed by atoms with Crippen molar-refractivity contribution in [2.75, 3.05) is 0 Å². The van der Waals surface area contributed by atoms with Gasteiger partial charge in [0.15, 0.2) is 0 Å². The zero-order chi connectivity index (χ0) is 4.99. The van der Waals surface area contributed by atoms with Crippen molar-refractivity contribution >= 4 is 27.5 Å². The van der Waals surface area contributed by atoms with Gasteiger partial charge in [0.25, 0.3) is 0 Å². The molecule has 6 heavy (non-hydrogen) atoms. The lowest BCUT2D eigenvalue weighted by Crippen LogP contribution is -1.70. The van der Waals surface area contributed by atoms with Crippen LogP contribution in [0.15, 0.2) is 12.2 Å². The summed E-state index contributed by atoms with van der Waals surface area (Å²) in [4.78, 5) is 0. The maximum atomic E-state index is 5.41. The molecule has 1 atom stereocenters. The highest BCUT2D eigenvalue weighted by molar-refractivity contribution is 9.10. The van der Waals surface area contributed by atoms with E-state index in [1.54, 1.807) is 0 Å². The van der Waals surface area contributed by atoms with Crippen LogP contribution in [0.2, 0.25) is 0 Å². The Morgan fingerprint density at radius 1 is 1.83 bits per heavy atom. The maximum Gasteiger partial charge on any atom is 0.107 e. The Morgan fingerprint density at radius 2 is 2.33 bits per heavy atom. The summed E-state index contributed by atoms with van der Waals surface area (Å²) >= 11 is 8.52. The molecule has 0 saturated carbocycles. The fourth-order valence-corrected chi connectivity index (χ4v) is 0.596. The first-order valence-electron chi connectivity index (χ1n) is 1.68. The van der Waals surface area contributed by atoms with E-state index >= 15 is 0 Å². The van der Waals surface area contributed by atoms with Crippen LogP contribution in [0.3, 0.4) is 0 Å². The molecule has 0 N–H and O–H groups in total. The van der Waals surface area contributed by atoms with E-state index in [2.05, 4.69) is 15.9 Å². The molecular formula is C4H6BrCl. The van der Waals surface area contributed by atoms with Crippen LogP contribution < -0.4 is 0 Å². The Kier molecular flexibility index (Phi) is 4.01. The standard InChI is InChI=1S/C4H6BrCl/c1-2-3-4(5)6/h2-4H,1H3. The SMILES string of the molecule is CC=CC(Cl)Br. The average Bonchev–Trinajstić information content (AvgIpc) is 1.35. The summed E-state index contributed by atoms with van der Waals surface area (Å²) in [6.07, 6.45) is 3.74. The van der Waals surface area contributed by atoms with Gasteiger partial charge in [0.2, 0.25) is 0 Å². The van der Waals surface area contributed by atoms with Crippen molar-refractivity contribution < 1.29 is 0 Å². The van der Waals surface area contributed by atoms with Gasteiger partial charge in [-0.15, -0.1) is 11.6 Å². The average molecular weight is 169 g/mol. The predicted molar refractivity (Wildman–Crippen MR) is 33.4 cm³/mol. The zero-order valence-electron chi connectivity index (χ0n) is 3.49. The minimum atomic E-state index is 0.00231. The van der Waals surface area contributed by atoms with Crippen LogP contribution in [0.5, 0.6) is 0 Å². The lowest BCUT2D eigenvalue weighted by atomic mass is 10.6. The Morgan fingerprint density at radius 3 is 2.33 bits per heavy atom. The van der Waals surface area contributed by atoms with E-state index in [4.69, 9.17) is 11.6 Å². The minimum absolute atomic E-state index is 0.00231. The minimum Gasteiger partial charge on any atom is -0.106 e. The second kappa shape index (κ2) is 3.69. The molecule has 1 unspecified atom stereocenters. The number of halogens is 2. The third kappa shape index (κ3) is 4.51. The largest absolute Gasteiger partial charge is 0.107 e. The van der Waals surface area contributed by atoms with Crippen LogP contribution in [0.4, 0.5) is 0 Å². The van der Waals surface area contributed by atoms with Crippen LogP contribution >= 0.6 is 27.5 Å². The van der Waals surface area contributed by atoms with Gasteiger partial charge in [-0.2, -0.15) is 0 Å². The normalized spacial score (nSPS) is 15.8. The monoisotopic (exact) mass is 168 g/mol. The molecule has 0 aromatic rings. The zero-order valence-corrected chi connectivity index (χ0v) is 5.83. The van der Waals surface area contributed by atoms with Gasteiger partial charge >= 0.3 is 0 Å². The van der Waals surface area contributed by atoms with E-state index in [0.29, 0.717) is 0 Å². The smallest absolute Gasteiger partial charge is 0.106 e. The van der Waals surface area contributed by atoms with Crippen LogP contribution in [0, 0.1) is 0 Å². The summed E-state index contributed by atoms with van der Waals surface area (Å²) in [5.74, 6) is 0. The van der Waals surface area contributed by atoms with E-state index in [-0.39, 0.29) is 4.29 Å². The molecule has 0 aromatic heterocycles. The first-order chi connectivity index (χ1) is 2.77. The van der Waals surface area contributed by atoms with Gasteiger partial charge in [-0.05, 0) is 6.92 Å². The molecule has 0 saturated heterocycles. The first-order valence-corrected chi connectivity index (χ1v) is 3.03. The highest BCUT2D eigenvalue weighted by Gasteiger charge is 1.82. The molecule has 0 aliphatic carbocycles. The molecule has 2 heteroatoms. The van der Waals surface area contributed by atoms with Crippen molar-refractivity contribution in [2.24, 2.45) is 0 Å². The van der Waals surface area contributed by atoms with E-state index in [9.17, 15) is 0 Å². The van der Waals surface area contributed by atoms with Crippen molar-refractivity contribution in [2.45, 2.75) is 11.2 Å². The number of rotatable bonds is 1. The lowest BCUT2D eigenvalue weighted by Gasteiger charge is -1.81. The second-order valence-electron chi connectivity index (χ2n) is 0.860. The lowest BCUT2D eigenvalue weighted by molar-refractivity contribution is 1.60. The molecule has 0 bridgehead atoms. The van der Waals surface area contributed by atoms with Crippen LogP contribution in [0.1, 0.15) is 6.92 Å². The molecule has 0 aromatic carbocycles. The molecule has 0 rings (SSSR count). The van der Waals surface area contributed by atoms with E-state index in [1.807, 2.05) is 19.1 Å². The fraction of sp³-hybridized carbons (Fsp3) is 0.500. The van der Waals surface area contributed by atoms with Gasteiger partial charge in [-0.3, -0.25) is 0 Å². The van der Waals surface area contributed by atoms with Gasteiger partial charge in [-0.1, -0.05) is 28.1 Å². The fourth-order valence-electron chi connectivity index (χ4n) is 0.145. The Hall–Kier alpha value is 0.510. The molecule has 0 amide bonds. The molecule has 0 radical (unpaired) electrons. The summed E-state index contributed by atoms with van der Waals surface area (Å²) < 4.78 is 0.00231. The molecule has 0 fully saturated rings. The van der Waals surface area contributed by atoms with Crippen molar-refractivity contribution in [3.8, 4) is 0 Å². The molecule has 0 heterocycles. The molecule has 0 nitrogen and oxygen atoms in total. The highest BCUT2D eigenvalue weighted by atomic mass is 79.9. The number of allylic oxidation sites excluding steroid dienone is 2. The second-order valence-corrected chi connectivity index (χ2v) is 2.84. The Labute approximate surface area is 51.3 Å². The van der Waals surface area contributed by atoms with E-state index in [1.165, 1.54) is 0 Å². The Bertz CT molecular complexity index is 49.5. The molecule has 36 valence electrons. The summed E-state index contributed by atoms with van der Waals surface area (Å²) in [6.45, 7) is 1.93. The van der Waals surface area contributed by atoms with Gasteiger partial charge in [0.05, 0.1) is 0 Å². The summed E-state index contributed by atoms with van der Waals surface area (Å²) in [7, 11) is 0. The third-order valence-electron chi connectivity index (χ3n) is 0.338. The first kappa shape index (κ1) is 6.51. The van der Waals surface area contributed by atoms with Crippen molar-refractivity contribution in [1.82, 2.24) is 0 Å². The van der Waals surface area contributed by atoms with Gasteiger partial charge in [-0.25, -0.2) is 0 Å². The van der Waals surface area contributed by atoms with Crippen molar-refractivity contribution in [1.29, 1.82) is 0 Å². The number of hydrogen-bond acceptors (Lipinski definition) is 0. The highest BCUT2D eigenvalue weighted by Crippen LogP contribution is 2.04. The van der Waals surface area contributed by atoms with Crippen molar-refractivity contribution in [3.05, 3.63) is 12.2 Å². The summed E-state index contributed by atoms with van der Waals surface area (Å²) in [5, 5.41) is 0. The molecule has 0 spiro atoms. The van der Waals surface area contributed by atoms with E-state index in [0.717, 1.165) is 0 Å². The van der Waals surface area contributed by atoms with Crippen LogP contribution in [0.25, 0.3) is 0 Å². The predicted octanol–water partition coefficient (Wildman–Crippen LogP) is 2.52. The summed E-state index contributed by atoms with van der Waals surface area (Å²) in [5.41, 5.74) is 0. The molecule has 0 aliphatic rings. The third-order valence-corrected chi connectivity index (χ3v) is 0.789. The van der Waals surface area contributed by atoms with Crippen molar-refractivity contribution in [3.63, 3.8) is 0 Å². The maximum absolute atomic E-state index is 5.41. The Balaban J connectivity index is 3.03. The van der Waals surface area contributed by atoms with Crippen LogP contribution in [-0.2, 0) is 0 Å². The topological polar surface area (TPSA) is 0 Å². The quantitative estimate of drug-likeness (QED) is 0.418. The summed E-state index contributed by atoms with van der Waals surface area (Å²) in [6, 6.07) is 0. The van der Waals surface area contributed by atoms with E-state index < -0.39 is 0 Å². The molecular weight excluding hydrogens is 163 g/mol. The van der Waals surface area contributed by atoms with Gasteiger partial charge in [0, 0.05) is 0 Å². The number of hydrogen-bond donors (Lipinski definition) is 0. The van der Waals surface area contributed by atoms with Gasteiger partial charge in [0.1, 0.15) is 4.29 Å². The van der Waals surface area contributed by atoms with Gasteiger partial charge < -0.3 is 0 Å². The van der Waals surface area contributed by atoms with Crippen LogP contribution in [-0.4, -0.2) is 4.29 Å². The number of alkyl halides is 2.